The average molecular weight is 256 g/mol. The predicted octanol–water partition coefficient (Wildman–Crippen LogP) is 3.55. The summed E-state index contributed by atoms with van der Waals surface area (Å²) < 4.78 is -0.342. The van der Waals surface area contributed by atoms with Gasteiger partial charge in [0.05, 0.1) is 11.6 Å². The summed E-state index contributed by atoms with van der Waals surface area (Å²) in [6.07, 6.45) is 0. The van der Waals surface area contributed by atoms with Crippen molar-refractivity contribution >= 4 is 58.0 Å². The van der Waals surface area contributed by atoms with E-state index in [4.69, 9.17) is 63.1 Å². The van der Waals surface area contributed by atoms with Crippen LogP contribution in [0.3, 0.4) is 0 Å². The minimum atomic E-state index is -0.413. The molecule has 0 aliphatic heterocycles. The Bertz CT molecular complexity index is 199. The molecule has 0 amide bonds. The van der Waals surface area contributed by atoms with E-state index in [1.54, 1.807) is 0 Å². The Labute approximate surface area is 89.1 Å². The number of aliphatic hydroxyl groups is 1. The SMILES string of the molecule is OCC(=C(Cl)Cl)C(Cl)=C(Cl)Cl. The molecule has 64 valence electrons. The Morgan fingerprint density at radius 1 is 0.909 bits per heavy atom. The van der Waals surface area contributed by atoms with Crippen LogP contribution < -0.4 is 0 Å². The van der Waals surface area contributed by atoms with Gasteiger partial charge in [-0.15, -0.1) is 0 Å². The molecule has 0 saturated carbocycles. The van der Waals surface area contributed by atoms with Crippen LogP contribution >= 0.6 is 58.0 Å². The zero-order valence-corrected chi connectivity index (χ0v) is 8.82. The summed E-state index contributed by atoms with van der Waals surface area (Å²) in [4.78, 5) is 0. The van der Waals surface area contributed by atoms with Crippen LogP contribution in [0, 0.1) is 0 Å². The fraction of sp³-hybridized carbons (Fsp3) is 0.200. The minimum absolute atomic E-state index is 0.0455. The van der Waals surface area contributed by atoms with E-state index in [1.807, 2.05) is 0 Å². The molecule has 0 aromatic rings. The molecule has 0 rings (SSSR count). The average Bonchev–Trinajstić information content (AvgIpc) is 1.88. The van der Waals surface area contributed by atoms with Crippen molar-refractivity contribution in [1.29, 1.82) is 0 Å². The molecule has 0 saturated heterocycles. The highest BCUT2D eigenvalue weighted by Crippen LogP contribution is 2.29. The first kappa shape index (κ1) is 11.9. The second-order valence-corrected chi connectivity index (χ2v) is 3.75. The Balaban J connectivity index is 4.84. The van der Waals surface area contributed by atoms with E-state index in [1.165, 1.54) is 0 Å². The van der Waals surface area contributed by atoms with Gasteiger partial charge in [0.15, 0.2) is 0 Å². The van der Waals surface area contributed by atoms with Crippen molar-refractivity contribution in [2.75, 3.05) is 6.61 Å². The number of halogens is 5. The maximum Gasteiger partial charge on any atom is 0.125 e. The van der Waals surface area contributed by atoms with Crippen LogP contribution in [0.1, 0.15) is 0 Å². The van der Waals surface area contributed by atoms with Crippen molar-refractivity contribution in [2.24, 2.45) is 0 Å². The van der Waals surface area contributed by atoms with E-state index in [-0.39, 0.29) is 19.6 Å². The smallest absolute Gasteiger partial charge is 0.125 e. The van der Waals surface area contributed by atoms with Crippen molar-refractivity contribution in [2.45, 2.75) is 0 Å². The Kier molecular flexibility index (Phi) is 5.97. The number of rotatable bonds is 2. The van der Waals surface area contributed by atoms with E-state index >= 15 is 0 Å². The normalized spacial score (nSPS) is 9.27. The van der Waals surface area contributed by atoms with Crippen LogP contribution in [0.15, 0.2) is 19.6 Å². The maximum atomic E-state index is 8.65. The van der Waals surface area contributed by atoms with E-state index in [0.29, 0.717) is 0 Å². The van der Waals surface area contributed by atoms with E-state index < -0.39 is 6.61 Å². The van der Waals surface area contributed by atoms with Gasteiger partial charge in [0.2, 0.25) is 0 Å². The van der Waals surface area contributed by atoms with Crippen LogP contribution in [0.4, 0.5) is 0 Å². The van der Waals surface area contributed by atoms with Crippen LogP contribution in [-0.4, -0.2) is 11.7 Å². The third-order valence-corrected chi connectivity index (χ3v) is 2.26. The van der Waals surface area contributed by atoms with Gasteiger partial charge in [-0.05, 0) is 0 Å². The summed E-state index contributed by atoms with van der Waals surface area (Å²) in [5, 5.41) is 8.61. The quantitative estimate of drug-likeness (QED) is 0.749. The van der Waals surface area contributed by atoms with Crippen molar-refractivity contribution in [3.63, 3.8) is 0 Å². The zero-order valence-electron chi connectivity index (χ0n) is 5.04. The molecular formula is C5H3Cl5O. The van der Waals surface area contributed by atoms with Gasteiger partial charge in [-0.1, -0.05) is 58.0 Å². The monoisotopic (exact) mass is 254 g/mol. The Hall–Kier alpha value is 0.890. The van der Waals surface area contributed by atoms with Crippen molar-refractivity contribution in [3.05, 3.63) is 19.6 Å². The van der Waals surface area contributed by atoms with Crippen molar-refractivity contribution < 1.29 is 5.11 Å². The summed E-state index contributed by atoms with van der Waals surface area (Å²) in [6, 6.07) is 0. The highest BCUT2D eigenvalue weighted by molar-refractivity contribution is 6.61. The second-order valence-electron chi connectivity index (χ2n) is 1.47. The molecule has 6 heteroatoms. The summed E-state index contributed by atoms with van der Waals surface area (Å²) >= 11 is 26.8. The largest absolute Gasteiger partial charge is 0.392 e. The fourth-order valence-electron chi connectivity index (χ4n) is 0.326. The molecule has 0 aliphatic rings. The molecule has 0 aliphatic carbocycles. The molecule has 0 fully saturated rings. The van der Waals surface area contributed by atoms with Gasteiger partial charge in [0.25, 0.3) is 0 Å². The third-order valence-electron chi connectivity index (χ3n) is 0.817. The molecular weight excluding hydrogens is 253 g/mol. The molecule has 0 aromatic heterocycles. The molecule has 0 radical (unpaired) electrons. The molecule has 0 aromatic carbocycles. The van der Waals surface area contributed by atoms with Crippen molar-refractivity contribution in [3.8, 4) is 0 Å². The second kappa shape index (κ2) is 5.52. The van der Waals surface area contributed by atoms with Gasteiger partial charge in [0.1, 0.15) is 8.98 Å². The Morgan fingerprint density at radius 3 is 1.45 bits per heavy atom. The van der Waals surface area contributed by atoms with Crippen molar-refractivity contribution in [1.82, 2.24) is 0 Å². The van der Waals surface area contributed by atoms with E-state index in [0.717, 1.165) is 0 Å². The molecule has 1 nitrogen and oxygen atoms in total. The highest BCUT2D eigenvalue weighted by Gasteiger charge is 2.09. The standard InChI is InChI=1S/C5H3Cl5O/c6-3(5(9)10)2(1-11)4(7)8/h11H,1H2. The molecule has 0 bridgehead atoms. The molecule has 1 N–H and O–H groups in total. The van der Waals surface area contributed by atoms with Crippen LogP contribution in [0.5, 0.6) is 0 Å². The number of hydrogen-bond acceptors (Lipinski definition) is 1. The van der Waals surface area contributed by atoms with E-state index in [9.17, 15) is 0 Å². The first-order valence-corrected chi connectivity index (χ1v) is 4.25. The lowest BCUT2D eigenvalue weighted by atomic mass is 10.3. The minimum Gasteiger partial charge on any atom is -0.392 e. The number of hydrogen-bond donors (Lipinski definition) is 1. The first-order valence-electron chi connectivity index (χ1n) is 2.36. The lowest BCUT2D eigenvalue weighted by Gasteiger charge is -2.01. The first-order chi connectivity index (χ1) is 5.00. The summed E-state index contributed by atoms with van der Waals surface area (Å²) in [5.74, 6) is 0. The predicted molar refractivity (Wildman–Crippen MR) is 50.4 cm³/mol. The third kappa shape index (κ3) is 3.88. The van der Waals surface area contributed by atoms with Gasteiger partial charge in [-0.25, -0.2) is 0 Å². The highest BCUT2D eigenvalue weighted by atomic mass is 35.5. The Morgan fingerprint density at radius 2 is 1.36 bits per heavy atom. The zero-order chi connectivity index (χ0) is 9.02. The van der Waals surface area contributed by atoms with Gasteiger partial charge >= 0.3 is 0 Å². The van der Waals surface area contributed by atoms with Crippen LogP contribution in [0.2, 0.25) is 0 Å². The molecule has 0 heterocycles. The number of aliphatic hydroxyl groups excluding tert-OH is 1. The van der Waals surface area contributed by atoms with Crippen LogP contribution in [-0.2, 0) is 0 Å². The summed E-state index contributed by atoms with van der Waals surface area (Å²) in [7, 11) is 0. The van der Waals surface area contributed by atoms with Gasteiger partial charge in [-0.3, -0.25) is 0 Å². The summed E-state index contributed by atoms with van der Waals surface area (Å²) in [6.45, 7) is -0.413. The van der Waals surface area contributed by atoms with Crippen LogP contribution in [0.25, 0.3) is 0 Å². The van der Waals surface area contributed by atoms with E-state index in [2.05, 4.69) is 0 Å². The van der Waals surface area contributed by atoms with Gasteiger partial charge in [-0.2, -0.15) is 0 Å². The van der Waals surface area contributed by atoms with Gasteiger partial charge < -0.3 is 5.11 Å². The lowest BCUT2D eigenvalue weighted by molar-refractivity contribution is 0.334. The topological polar surface area (TPSA) is 20.2 Å². The fourth-order valence-corrected chi connectivity index (χ4v) is 1.11. The van der Waals surface area contributed by atoms with Gasteiger partial charge in [0, 0.05) is 5.57 Å². The molecule has 0 atom stereocenters. The molecule has 0 spiro atoms. The summed E-state index contributed by atoms with van der Waals surface area (Å²) in [5.41, 5.74) is 0.106. The molecule has 11 heavy (non-hydrogen) atoms. The maximum absolute atomic E-state index is 8.65. The lowest BCUT2D eigenvalue weighted by Crippen LogP contribution is -1.91. The molecule has 0 unspecified atom stereocenters.